The van der Waals surface area contributed by atoms with E-state index in [2.05, 4.69) is 41.6 Å². The molecule has 0 unspecified atom stereocenters. The van der Waals surface area contributed by atoms with Crippen molar-refractivity contribution in [2.75, 3.05) is 30.7 Å². The molecule has 7 heteroatoms. The Balaban J connectivity index is 1.43. The molecule has 0 aliphatic heterocycles. The summed E-state index contributed by atoms with van der Waals surface area (Å²) in [5.74, 6) is 0.383. The van der Waals surface area contributed by atoms with Crippen LogP contribution in [0.1, 0.15) is 29.9 Å². The van der Waals surface area contributed by atoms with E-state index in [1.165, 1.54) is 0 Å². The molecule has 0 saturated carbocycles. The summed E-state index contributed by atoms with van der Waals surface area (Å²) in [5, 5.41) is 7.11. The van der Waals surface area contributed by atoms with E-state index in [9.17, 15) is 4.79 Å². The maximum Gasteiger partial charge on any atom is 0.272 e. The predicted molar refractivity (Wildman–Crippen MR) is 157 cm³/mol. The zero-order valence-electron chi connectivity index (χ0n) is 21.4. The van der Waals surface area contributed by atoms with Gasteiger partial charge in [0.15, 0.2) is 0 Å². The molecule has 0 atom stereocenters. The Labute approximate surface area is 221 Å². The summed E-state index contributed by atoms with van der Waals surface area (Å²) in [6.45, 7) is 7.24. The predicted octanol–water partition coefficient (Wildman–Crippen LogP) is 6.64. The largest absolute Gasteiger partial charge is 0.383 e. The zero-order valence-corrected chi connectivity index (χ0v) is 22.2. The molecular formula is C30H31N5OS. The third-order valence-corrected chi connectivity index (χ3v) is 7.76. The van der Waals surface area contributed by atoms with Gasteiger partial charge in [-0.1, -0.05) is 56.3 Å². The van der Waals surface area contributed by atoms with Crippen LogP contribution in [-0.2, 0) is 7.05 Å². The number of nitrogens with zero attached hydrogens (tertiary/aromatic N) is 3. The molecule has 0 spiro atoms. The van der Waals surface area contributed by atoms with Crippen molar-refractivity contribution in [2.24, 2.45) is 7.05 Å². The molecule has 0 saturated heterocycles. The summed E-state index contributed by atoms with van der Waals surface area (Å²) in [6, 6.07) is 19.7. The number of benzene rings is 2. The Hall–Kier alpha value is -3.94. The number of anilines is 2. The minimum atomic E-state index is -0.145. The number of nitrogen functional groups attached to an aromatic ring is 1. The fourth-order valence-electron chi connectivity index (χ4n) is 4.66. The SMILES string of the molecule is CCN(CC)CC=Cc1c(-c2ccc(NC(=O)c3cc4ccccc4n3C)cc2)nc(N)c2ccsc12. The lowest BCUT2D eigenvalue weighted by Crippen LogP contribution is -2.22. The molecule has 6 nitrogen and oxygen atoms in total. The monoisotopic (exact) mass is 509 g/mol. The number of carbonyl (C=O) groups is 1. The number of pyridine rings is 1. The first kappa shape index (κ1) is 24.7. The topological polar surface area (TPSA) is 76.2 Å². The number of likely N-dealkylation sites (N-methyl/N-ethyl adjacent to an activating group) is 1. The van der Waals surface area contributed by atoms with Crippen LogP contribution < -0.4 is 11.1 Å². The molecule has 1 amide bonds. The van der Waals surface area contributed by atoms with Crippen LogP contribution in [-0.4, -0.2) is 40.0 Å². The molecule has 188 valence electrons. The summed E-state index contributed by atoms with van der Waals surface area (Å²) in [4.78, 5) is 20.2. The molecule has 5 rings (SSSR count). The summed E-state index contributed by atoms with van der Waals surface area (Å²) >= 11 is 1.68. The molecule has 0 aliphatic carbocycles. The van der Waals surface area contributed by atoms with E-state index in [0.717, 1.165) is 63.1 Å². The van der Waals surface area contributed by atoms with Gasteiger partial charge >= 0.3 is 0 Å². The molecular weight excluding hydrogens is 478 g/mol. The Kier molecular flexibility index (Phi) is 7.08. The lowest BCUT2D eigenvalue weighted by Gasteiger charge is -2.15. The standard InChI is InChI=1S/C30H31N5OS/c1-4-35(5-2)17-8-10-23-27(33-29(31)24-16-18-37-28(23)24)20-12-14-22(15-13-20)32-30(36)26-19-21-9-6-7-11-25(21)34(26)3/h6-16,18-19H,4-5,17H2,1-3H3,(H2,31,33)(H,32,36). The number of thiophene rings is 1. The molecule has 37 heavy (non-hydrogen) atoms. The van der Waals surface area contributed by atoms with E-state index in [4.69, 9.17) is 10.7 Å². The van der Waals surface area contributed by atoms with Crippen LogP contribution in [0, 0.1) is 0 Å². The van der Waals surface area contributed by atoms with E-state index < -0.39 is 0 Å². The highest BCUT2D eigenvalue weighted by Crippen LogP contribution is 2.36. The zero-order chi connectivity index (χ0) is 25.9. The molecule has 0 fully saturated rings. The number of aryl methyl sites for hydroxylation is 1. The minimum absolute atomic E-state index is 0.145. The van der Waals surface area contributed by atoms with Crippen LogP contribution in [0.2, 0.25) is 0 Å². The number of aromatic nitrogens is 2. The smallest absolute Gasteiger partial charge is 0.272 e. The first-order chi connectivity index (χ1) is 18.0. The first-order valence-corrected chi connectivity index (χ1v) is 13.4. The van der Waals surface area contributed by atoms with Crippen LogP contribution in [0.4, 0.5) is 11.5 Å². The molecule has 0 aliphatic rings. The second kappa shape index (κ2) is 10.6. The van der Waals surface area contributed by atoms with Crippen molar-refractivity contribution in [3.05, 3.63) is 83.4 Å². The van der Waals surface area contributed by atoms with E-state index >= 15 is 0 Å². The van der Waals surface area contributed by atoms with Crippen molar-refractivity contribution in [1.82, 2.24) is 14.5 Å². The lowest BCUT2D eigenvalue weighted by atomic mass is 10.0. The van der Waals surface area contributed by atoms with Crippen molar-refractivity contribution >= 4 is 55.8 Å². The molecule has 3 N–H and O–H groups in total. The average Bonchev–Trinajstić information content (AvgIpc) is 3.54. The Morgan fingerprint density at radius 1 is 1.11 bits per heavy atom. The number of hydrogen-bond donors (Lipinski definition) is 2. The van der Waals surface area contributed by atoms with Gasteiger partial charge < -0.3 is 20.5 Å². The van der Waals surface area contributed by atoms with Crippen molar-refractivity contribution in [3.8, 4) is 11.3 Å². The second-order valence-electron chi connectivity index (χ2n) is 8.99. The maximum atomic E-state index is 13.0. The quantitative estimate of drug-likeness (QED) is 0.246. The van der Waals surface area contributed by atoms with Crippen LogP contribution in [0.3, 0.4) is 0 Å². The number of rotatable bonds is 8. The van der Waals surface area contributed by atoms with Crippen LogP contribution in [0.25, 0.3) is 38.3 Å². The van der Waals surface area contributed by atoms with Crippen molar-refractivity contribution in [2.45, 2.75) is 13.8 Å². The normalized spacial score (nSPS) is 11.8. The van der Waals surface area contributed by atoms with Crippen molar-refractivity contribution < 1.29 is 4.79 Å². The number of carbonyl (C=O) groups excluding carboxylic acids is 1. The summed E-state index contributed by atoms with van der Waals surface area (Å²) in [5.41, 5.74) is 11.6. The lowest BCUT2D eigenvalue weighted by molar-refractivity contribution is 0.101. The van der Waals surface area contributed by atoms with Gasteiger partial charge in [-0.3, -0.25) is 4.79 Å². The molecule has 2 aromatic carbocycles. The first-order valence-electron chi connectivity index (χ1n) is 12.5. The van der Waals surface area contributed by atoms with E-state index in [1.807, 2.05) is 72.3 Å². The van der Waals surface area contributed by atoms with Gasteiger partial charge in [0.25, 0.3) is 5.91 Å². The van der Waals surface area contributed by atoms with Gasteiger partial charge in [-0.05, 0) is 48.8 Å². The highest BCUT2D eigenvalue weighted by molar-refractivity contribution is 7.17. The van der Waals surface area contributed by atoms with Gasteiger partial charge in [0.2, 0.25) is 0 Å². The minimum Gasteiger partial charge on any atom is -0.383 e. The average molecular weight is 510 g/mol. The number of nitrogens with two attached hydrogens (primary N) is 1. The molecule has 3 aromatic heterocycles. The number of amides is 1. The van der Waals surface area contributed by atoms with Crippen LogP contribution in [0.5, 0.6) is 0 Å². The second-order valence-corrected chi connectivity index (χ2v) is 9.91. The van der Waals surface area contributed by atoms with Crippen LogP contribution >= 0.6 is 11.3 Å². The Bertz CT molecular complexity index is 1590. The van der Waals surface area contributed by atoms with Gasteiger partial charge in [0.05, 0.1) is 5.69 Å². The van der Waals surface area contributed by atoms with E-state index in [-0.39, 0.29) is 5.91 Å². The van der Waals surface area contributed by atoms with Gasteiger partial charge in [-0.25, -0.2) is 4.98 Å². The van der Waals surface area contributed by atoms with Crippen LogP contribution in [0.15, 0.2) is 72.1 Å². The Morgan fingerprint density at radius 3 is 2.59 bits per heavy atom. The molecule has 0 radical (unpaired) electrons. The highest BCUT2D eigenvalue weighted by atomic mass is 32.1. The van der Waals surface area contributed by atoms with Gasteiger partial charge in [-0.15, -0.1) is 11.3 Å². The number of para-hydroxylation sites is 1. The summed E-state index contributed by atoms with van der Waals surface area (Å²) in [7, 11) is 1.91. The molecule has 3 heterocycles. The summed E-state index contributed by atoms with van der Waals surface area (Å²) in [6.07, 6.45) is 4.36. The third kappa shape index (κ3) is 4.88. The number of nitrogens with one attached hydrogen (secondary N) is 1. The fraction of sp³-hybridized carbons (Fsp3) is 0.200. The van der Waals surface area contributed by atoms with E-state index in [1.54, 1.807) is 11.3 Å². The number of hydrogen-bond acceptors (Lipinski definition) is 5. The maximum absolute atomic E-state index is 13.0. The third-order valence-electron chi connectivity index (χ3n) is 6.82. The van der Waals surface area contributed by atoms with Gasteiger partial charge in [-0.2, -0.15) is 0 Å². The van der Waals surface area contributed by atoms with Gasteiger partial charge in [0, 0.05) is 51.4 Å². The molecule has 0 bridgehead atoms. The van der Waals surface area contributed by atoms with Gasteiger partial charge in [0.1, 0.15) is 11.5 Å². The van der Waals surface area contributed by atoms with Crippen molar-refractivity contribution in [3.63, 3.8) is 0 Å². The highest BCUT2D eigenvalue weighted by Gasteiger charge is 2.16. The number of fused-ring (bicyclic) bond motifs is 2. The molecule has 5 aromatic rings. The Morgan fingerprint density at radius 2 is 1.86 bits per heavy atom. The fourth-order valence-corrected chi connectivity index (χ4v) is 5.59. The van der Waals surface area contributed by atoms with Crippen molar-refractivity contribution in [1.29, 1.82) is 0 Å². The summed E-state index contributed by atoms with van der Waals surface area (Å²) < 4.78 is 3.05. The van der Waals surface area contributed by atoms with E-state index in [0.29, 0.717) is 11.5 Å².